The molecule has 1 aromatic heterocycles. The van der Waals surface area contributed by atoms with Gasteiger partial charge >= 0.3 is 11.9 Å². The zero-order chi connectivity index (χ0) is 18.1. The standard InChI is InChI=1S/C18H26N2O5/c1-2-3-5-13-7-9-14(10-8-13)18(23)25-12-16(21)19-20-17(22)15-6-4-11-24-15/h4,6,11,13-14H,2-3,5,7-10,12H2,1H3,(H,19,21)(H,20,22). The predicted molar refractivity (Wildman–Crippen MR) is 90.2 cm³/mol. The van der Waals surface area contributed by atoms with E-state index in [1.54, 1.807) is 6.07 Å². The molecule has 1 aliphatic carbocycles. The van der Waals surface area contributed by atoms with Crippen LogP contribution in [-0.2, 0) is 14.3 Å². The van der Waals surface area contributed by atoms with Crippen molar-refractivity contribution in [1.29, 1.82) is 0 Å². The quantitative estimate of drug-likeness (QED) is 0.582. The number of rotatable bonds is 7. The first-order valence-corrected chi connectivity index (χ1v) is 8.89. The van der Waals surface area contributed by atoms with Crippen LogP contribution in [-0.4, -0.2) is 24.4 Å². The Morgan fingerprint density at radius 3 is 2.60 bits per heavy atom. The molecule has 1 aliphatic rings. The number of furan rings is 1. The van der Waals surface area contributed by atoms with E-state index in [2.05, 4.69) is 17.8 Å². The third kappa shape index (κ3) is 6.25. The van der Waals surface area contributed by atoms with Gasteiger partial charge in [-0.1, -0.05) is 26.2 Å². The lowest BCUT2D eigenvalue weighted by molar-refractivity contribution is -0.154. The van der Waals surface area contributed by atoms with Gasteiger partial charge in [-0.2, -0.15) is 0 Å². The highest BCUT2D eigenvalue weighted by Gasteiger charge is 2.27. The minimum absolute atomic E-state index is 0.0807. The van der Waals surface area contributed by atoms with Crippen molar-refractivity contribution in [3.8, 4) is 0 Å². The number of nitrogens with one attached hydrogen (secondary N) is 2. The second-order valence-electron chi connectivity index (χ2n) is 6.45. The Morgan fingerprint density at radius 2 is 1.96 bits per heavy atom. The Hall–Kier alpha value is -2.31. The Labute approximate surface area is 147 Å². The number of hydrogen-bond acceptors (Lipinski definition) is 5. The van der Waals surface area contributed by atoms with E-state index < -0.39 is 18.4 Å². The van der Waals surface area contributed by atoms with Crippen LogP contribution in [0.25, 0.3) is 0 Å². The Kier molecular flexibility index (Phi) is 7.50. The van der Waals surface area contributed by atoms with Crippen molar-refractivity contribution in [2.24, 2.45) is 11.8 Å². The molecular formula is C18H26N2O5. The van der Waals surface area contributed by atoms with E-state index in [0.717, 1.165) is 25.7 Å². The summed E-state index contributed by atoms with van der Waals surface area (Å²) >= 11 is 0. The van der Waals surface area contributed by atoms with E-state index in [4.69, 9.17) is 9.15 Å². The molecular weight excluding hydrogens is 324 g/mol. The van der Waals surface area contributed by atoms with Gasteiger partial charge in [-0.25, -0.2) is 0 Å². The molecule has 1 fully saturated rings. The first kappa shape index (κ1) is 19.0. The Balaban J connectivity index is 1.61. The molecule has 7 heteroatoms. The van der Waals surface area contributed by atoms with Crippen molar-refractivity contribution >= 4 is 17.8 Å². The van der Waals surface area contributed by atoms with Crippen molar-refractivity contribution in [2.45, 2.75) is 51.9 Å². The summed E-state index contributed by atoms with van der Waals surface area (Å²) in [5, 5.41) is 0. The van der Waals surface area contributed by atoms with Gasteiger partial charge in [0.2, 0.25) is 0 Å². The molecule has 0 saturated heterocycles. The van der Waals surface area contributed by atoms with Crippen LogP contribution in [0.15, 0.2) is 22.8 Å². The van der Waals surface area contributed by atoms with Crippen molar-refractivity contribution < 1.29 is 23.5 Å². The van der Waals surface area contributed by atoms with Crippen molar-refractivity contribution in [3.05, 3.63) is 24.2 Å². The van der Waals surface area contributed by atoms with Gasteiger partial charge in [0.1, 0.15) is 0 Å². The molecule has 7 nitrogen and oxygen atoms in total. The summed E-state index contributed by atoms with van der Waals surface area (Å²) < 4.78 is 9.95. The molecule has 0 unspecified atom stereocenters. The maximum absolute atomic E-state index is 12.0. The third-order valence-electron chi connectivity index (χ3n) is 4.55. The van der Waals surface area contributed by atoms with E-state index in [9.17, 15) is 14.4 Å². The normalized spacial score (nSPS) is 19.9. The zero-order valence-corrected chi connectivity index (χ0v) is 14.6. The number of ether oxygens (including phenoxy) is 1. The van der Waals surface area contributed by atoms with Gasteiger partial charge in [-0.3, -0.25) is 25.2 Å². The van der Waals surface area contributed by atoms with E-state index in [-0.39, 0.29) is 17.6 Å². The van der Waals surface area contributed by atoms with Crippen molar-refractivity contribution in [3.63, 3.8) is 0 Å². The van der Waals surface area contributed by atoms with Crippen molar-refractivity contribution in [1.82, 2.24) is 10.9 Å². The first-order chi connectivity index (χ1) is 12.1. The minimum Gasteiger partial charge on any atom is -0.459 e. The summed E-state index contributed by atoms with van der Waals surface area (Å²) in [6.45, 7) is 1.78. The Bertz CT molecular complexity index is 562. The molecule has 1 aromatic rings. The largest absolute Gasteiger partial charge is 0.459 e. The van der Waals surface area contributed by atoms with E-state index in [1.165, 1.54) is 31.6 Å². The number of carbonyl (C=O) groups excluding carboxylic acids is 3. The van der Waals surface area contributed by atoms with Crippen LogP contribution in [0.4, 0.5) is 0 Å². The molecule has 2 rings (SSSR count). The lowest BCUT2D eigenvalue weighted by atomic mass is 9.80. The summed E-state index contributed by atoms with van der Waals surface area (Å²) in [6.07, 6.45) is 8.77. The number of carbonyl (C=O) groups is 3. The second kappa shape index (κ2) is 9.86. The van der Waals surface area contributed by atoms with Crippen LogP contribution in [0.5, 0.6) is 0 Å². The van der Waals surface area contributed by atoms with E-state index in [1.807, 2.05) is 0 Å². The topological polar surface area (TPSA) is 97.6 Å². The lowest BCUT2D eigenvalue weighted by Gasteiger charge is -2.27. The summed E-state index contributed by atoms with van der Waals surface area (Å²) in [4.78, 5) is 35.3. The SMILES string of the molecule is CCCCC1CCC(C(=O)OCC(=O)NNC(=O)c2ccco2)CC1. The van der Waals surface area contributed by atoms with Gasteiger partial charge in [0, 0.05) is 0 Å². The van der Waals surface area contributed by atoms with Crippen molar-refractivity contribution in [2.75, 3.05) is 6.61 Å². The van der Waals surface area contributed by atoms with Crippen LogP contribution < -0.4 is 10.9 Å². The van der Waals surface area contributed by atoms with E-state index >= 15 is 0 Å². The van der Waals surface area contributed by atoms with E-state index in [0.29, 0.717) is 5.92 Å². The third-order valence-corrected chi connectivity index (χ3v) is 4.55. The number of hydrogen-bond donors (Lipinski definition) is 2. The summed E-state index contributed by atoms with van der Waals surface area (Å²) in [6, 6.07) is 3.04. The average Bonchev–Trinajstić information content (AvgIpc) is 3.17. The van der Waals surface area contributed by atoms with Gasteiger partial charge in [0.25, 0.3) is 5.91 Å². The molecule has 138 valence electrons. The lowest BCUT2D eigenvalue weighted by Crippen LogP contribution is -2.43. The summed E-state index contributed by atoms with van der Waals surface area (Å²) in [5.41, 5.74) is 4.37. The molecule has 2 N–H and O–H groups in total. The van der Waals surface area contributed by atoms with Crippen LogP contribution in [0.2, 0.25) is 0 Å². The van der Waals surface area contributed by atoms with Gasteiger partial charge in [0.15, 0.2) is 12.4 Å². The molecule has 0 radical (unpaired) electrons. The molecule has 1 heterocycles. The number of amides is 2. The zero-order valence-electron chi connectivity index (χ0n) is 14.6. The van der Waals surface area contributed by atoms with Gasteiger partial charge in [0.05, 0.1) is 12.2 Å². The summed E-state index contributed by atoms with van der Waals surface area (Å²) in [5.74, 6) is -0.828. The Morgan fingerprint density at radius 1 is 1.20 bits per heavy atom. The molecule has 0 bridgehead atoms. The second-order valence-corrected chi connectivity index (χ2v) is 6.45. The average molecular weight is 350 g/mol. The number of esters is 1. The van der Waals surface area contributed by atoms with Crippen LogP contribution in [0, 0.1) is 11.8 Å². The van der Waals surface area contributed by atoms with Gasteiger partial charge in [-0.15, -0.1) is 0 Å². The fourth-order valence-electron chi connectivity index (χ4n) is 3.07. The predicted octanol–water partition coefficient (Wildman–Crippen LogP) is 2.58. The maximum Gasteiger partial charge on any atom is 0.309 e. The highest BCUT2D eigenvalue weighted by molar-refractivity contribution is 5.93. The van der Waals surface area contributed by atoms with Crippen LogP contribution in [0.1, 0.15) is 62.4 Å². The highest BCUT2D eigenvalue weighted by atomic mass is 16.5. The molecule has 25 heavy (non-hydrogen) atoms. The minimum atomic E-state index is -0.593. The molecule has 0 atom stereocenters. The first-order valence-electron chi connectivity index (χ1n) is 8.89. The molecule has 2 amide bonds. The van der Waals surface area contributed by atoms with Gasteiger partial charge in [-0.05, 0) is 43.7 Å². The molecule has 1 saturated carbocycles. The highest BCUT2D eigenvalue weighted by Crippen LogP contribution is 2.32. The van der Waals surface area contributed by atoms with Gasteiger partial charge < -0.3 is 9.15 Å². The monoisotopic (exact) mass is 350 g/mol. The number of hydrazine groups is 1. The fraction of sp³-hybridized carbons (Fsp3) is 0.611. The van der Waals surface area contributed by atoms with Crippen LogP contribution in [0.3, 0.4) is 0 Å². The number of unbranched alkanes of at least 4 members (excludes halogenated alkanes) is 1. The summed E-state index contributed by atoms with van der Waals surface area (Å²) in [7, 11) is 0. The molecule has 0 aliphatic heterocycles. The fourth-order valence-corrected chi connectivity index (χ4v) is 3.07. The molecule has 0 aromatic carbocycles. The maximum atomic E-state index is 12.0. The van der Waals surface area contributed by atoms with Crippen LogP contribution >= 0.6 is 0 Å². The molecule has 0 spiro atoms. The smallest absolute Gasteiger partial charge is 0.309 e.